The lowest BCUT2D eigenvalue weighted by Crippen LogP contribution is -2.49. The van der Waals surface area contributed by atoms with Gasteiger partial charge in [0.15, 0.2) is 0 Å². The Kier molecular flexibility index (Phi) is 4.95. The van der Waals surface area contributed by atoms with Crippen LogP contribution in [-0.4, -0.2) is 31.9 Å². The summed E-state index contributed by atoms with van der Waals surface area (Å²) in [6, 6.07) is 2.17. The van der Waals surface area contributed by atoms with Gasteiger partial charge in [-0.1, -0.05) is 13.3 Å². The minimum absolute atomic E-state index is 0.193. The largest absolute Gasteiger partial charge is 0.329 e. The Morgan fingerprint density at radius 1 is 1.38 bits per heavy atom. The molecule has 21 heavy (non-hydrogen) atoms. The Bertz CT molecular complexity index is 607. The number of rotatable bonds is 4. The normalized spacial score (nSPS) is 24.2. The van der Waals surface area contributed by atoms with Crippen molar-refractivity contribution in [3.05, 3.63) is 29.8 Å². The molecule has 0 amide bonds. The first-order valence-corrected chi connectivity index (χ1v) is 8.51. The molecular weight excluding hydrogens is 298 g/mol. The van der Waals surface area contributed by atoms with Gasteiger partial charge in [-0.2, -0.15) is 4.31 Å². The molecule has 118 valence electrons. The van der Waals surface area contributed by atoms with Crippen molar-refractivity contribution in [2.75, 3.05) is 13.1 Å². The molecule has 0 spiro atoms. The average Bonchev–Trinajstić information content (AvgIpc) is 2.46. The fourth-order valence-corrected chi connectivity index (χ4v) is 4.53. The van der Waals surface area contributed by atoms with Gasteiger partial charge >= 0.3 is 0 Å². The zero-order valence-electron chi connectivity index (χ0n) is 11.9. The number of benzene rings is 1. The Balaban J connectivity index is 2.34. The second-order valence-corrected chi connectivity index (χ2v) is 7.24. The molecule has 0 aromatic heterocycles. The van der Waals surface area contributed by atoms with E-state index < -0.39 is 26.6 Å². The van der Waals surface area contributed by atoms with Crippen LogP contribution >= 0.6 is 0 Å². The minimum Gasteiger partial charge on any atom is -0.329 e. The molecule has 1 aromatic rings. The number of hydrogen-bond donors (Lipinski definition) is 1. The second-order valence-electron chi connectivity index (χ2n) is 5.38. The Hall–Kier alpha value is -1.05. The van der Waals surface area contributed by atoms with Gasteiger partial charge in [0.25, 0.3) is 0 Å². The van der Waals surface area contributed by atoms with Crippen LogP contribution in [0.1, 0.15) is 26.2 Å². The number of hydrogen-bond acceptors (Lipinski definition) is 3. The highest BCUT2D eigenvalue weighted by Crippen LogP contribution is 2.30. The topological polar surface area (TPSA) is 63.4 Å². The van der Waals surface area contributed by atoms with Gasteiger partial charge in [0.1, 0.15) is 16.5 Å². The predicted octanol–water partition coefficient (Wildman–Crippen LogP) is 2.10. The van der Waals surface area contributed by atoms with Crippen molar-refractivity contribution in [2.24, 2.45) is 11.7 Å². The highest BCUT2D eigenvalue weighted by Gasteiger charge is 2.36. The first-order valence-electron chi connectivity index (χ1n) is 7.07. The maximum absolute atomic E-state index is 13.8. The summed E-state index contributed by atoms with van der Waals surface area (Å²) in [6.45, 7) is 2.57. The minimum atomic E-state index is -3.99. The molecule has 7 heteroatoms. The monoisotopic (exact) mass is 318 g/mol. The summed E-state index contributed by atoms with van der Waals surface area (Å²) >= 11 is 0. The molecule has 0 aliphatic carbocycles. The lowest BCUT2D eigenvalue weighted by Gasteiger charge is -2.37. The van der Waals surface area contributed by atoms with E-state index in [0.29, 0.717) is 24.9 Å². The number of piperidine rings is 1. The van der Waals surface area contributed by atoms with Crippen molar-refractivity contribution in [3.63, 3.8) is 0 Å². The summed E-state index contributed by atoms with van der Waals surface area (Å²) in [4.78, 5) is -0.489. The summed E-state index contributed by atoms with van der Waals surface area (Å²) in [5.41, 5.74) is 5.69. The smallest absolute Gasteiger partial charge is 0.246 e. The van der Waals surface area contributed by atoms with Crippen LogP contribution in [0.4, 0.5) is 8.78 Å². The van der Waals surface area contributed by atoms with Crippen LogP contribution in [0.5, 0.6) is 0 Å². The van der Waals surface area contributed by atoms with E-state index in [0.717, 1.165) is 25.0 Å². The summed E-state index contributed by atoms with van der Waals surface area (Å²) in [7, 11) is -3.99. The number of halogens is 2. The molecule has 0 radical (unpaired) electrons. The van der Waals surface area contributed by atoms with Crippen molar-refractivity contribution >= 4 is 10.0 Å². The maximum atomic E-state index is 13.8. The fourth-order valence-electron chi connectivity index (χ4n) is 2.82. The van der Waals surface area contributed by atoms with E-state index in [-0.39, 0.29) is 12.6 Å². The molecule has 2 rings (SSSR count). The zero-order chi connectivity index (χ0) is 15.6. The van der Waals surface area contributed by atoms with Gasteiger partial charge < -0.3 is 5.73 Å². The molecule has 2 unspecified atom stereocenters. The first-order chi connectivity index (χ1) is 9.90. The Morgan fingerprint density at radius 2 is 2.10 bits per heavy atom. The maximum Gasteiger partial charge on any atom is 0.246 e. The SMILES string of the molecule is CCC1CCN(S(=O)(=O)c2ccc(F)cc2F)C(CN)C1. The summed E-state index contributed by atoms with van der Waals surface area (Å²) in [5, 5.41) is 0. The predicted molar refractivity (Wildman–Crippen MR) is 76.1 cm³/mol. The molecule has 1 aromatic carbocycles. The van der Waals surface area contributed by atoms with Crippen molar-refractivity contribution in [1.29, 1.82) is 0 Å². The zero-order valence-corrected chi connectivity index (χ0v) is 12.7. The summed E-state index contributed by atoms with van der Waals surface area (Å²) in [5.74, 6) is -1.43. The van der Waals surface area contributed by atoms with Gasteiger partial charge in [-0.3, -0.25) is 0 Å². The molecule has 1 fully saturated rings. The summed E-state index contributed by atoms with van der Waals surface area (Å²) in [6.07, 6.45) is 2.37. The van der Waals surface area contributed by atoms with Crippen molar-refractivity contribution in [3.8, 4) is 0 Å². The third-order valence-electron chi connectivity index (χ3n) is 4.10. The Labute approximate surface area is 124 Å². The molecule has 0 saturated carbocycles. The standard InChI is InChI=1S/C14H20F2N2O2S/c1-2-10-5-6-18(12(7-10)9-17)21(19,20)14-4-3-11(15)8-13(14)16/h3-4,8,10,12H,2,5-7,9,17H2,1H3. The van der Waals surface area contributed by atoms with Gasteiger partial charge in [-0.25, -0.2) is 17.2 Å². The van der Waals surface area contributed by atoms with Crippen LogP contribution in [0.15, 0.2) is 23.1 Å². The molecular formula is C14H20F2N2O2S. The quantitative estimate of drug-likeness (QED) is 0.925. The number of nitrogens with two attached hydrogens (primary N) is 1. The number of sulfonamides is 1. The van der Waals surface area contributed by atoms with Crippen LogP contribution in [0.2, 0.25) is 0 Å². The van der Waals surface area contributed by atoms with E-state index in [9.17, 15) is 17.2 Å². The van der Waals surface area contributed by atoms with Crippen LogP contribution in [-0.2, 0) is 10.0 Å². The second kappa shape index (κ2) is 6.37. The van der Waals surface area contributed by atoms with E-state index in [2.05, 4.69) is 6.92 Å². The van der Waals surface area contributed by atoms with E-state index in [1.54, 1.807) is 0 Å². The molecule has 1 saturated heterocycles. The molecule has 0 bridgehead atoms. The molecule has 2 atom stereocenters. The Morgan fingerprint density at radius 3 is 2.67 bits per heavy atom. The van der Waals surface area contributed by atoms with E-state index in [1.165, 1.54) is 4.31 Å². The third kappa shape index (κ3) is 3.25. The van der Waals surface area contributed by atoms with E-state index in [4.69, 9.17) is 5.73 Å². The van der Waals surface area contributed by atoms with Crippen LogP contribution in [0.3, 0.4) is 0 Å². The van der Waals surface area contributed by atoms with Gasteiger partial charge in [0.05, 0.1) is 0 Å². The van der Waals surface area contributed by atoms with Crippen LogP contribution in [0, 0.1) is 17.6 Å². The highest BCUT2D eigenvalue weighted by molar-refractivity contribution is 7.89. The highest BCUT2D eigenvalue weighted by atomic mass is 32.2. The van der Waals surface area contributed by atoms with Crippen molar-refractivity contribution in [2.45, 2.75) is 37.1 Å². The van der Waals surface area contributed by atoms with Gasteiger partial charge in [-0.15, -0.1) is 0 Å². The molecule has 4 nitrogen and oxygen atoms in total. The molecule has 2 N–H and O–H groups in total. The lowest BCUT2D eigenvalue weighted by molar-refractivity contribution is 0.197. The van der Waals surface area contributed by atoms with Gasteiger partial charge in [0, 0.05) is 25.2 Å². The van der Waals surface area contributed by atoms with E-state index in [1.807, 2.05) is 0 Å². The van der Waals surface area contributed by atoms with E-state index >= 15 is 0 Å². The third-order valence-corrected chi connectivity index (χ3v) is 6.09. The fraction of sp³-hybridized carbons (Fsp3) is 0.571. The van der Waals surface area contributed by atoms with Crippen LogP contribution < -0.4 is 5.73 Å². The molecule has 1 aliphatic rings. The van der Waals surface area contributed by atoms with Crippen molar-refractivity contribution in [1.82, 2.24) is 4.31 Å². The average molecular weight is 318 g/mol. The van der Waals surface area contributed by atoms with Gasteiger partial charge in [0.2, 0.25) is 10.0 Å². The molecule has 1 aliphatic heterocycles. The number of nitrogens with zero attached hydrogens (tertiary/aromatic N) is 1. The summed E-state index contributed by atoms with van der Waals surface area (Å²) < 4.78 is 53.2. The van der Waals surface area contributed by atoms with Crippen molar-refractivity contribution < 1.29 is 17.2 Å². The molecule has 1 heterocycles. The van der Waals surface area contributed by atoms with Gasteiger partial charge in [-0.05, 0) is 30.9 Å². The first kappa shape index (κ1) is 16.3. The lowest BCUT2D eigenvalue weighted by atomic mass is 9.90. The van der Waals surface area contributed by atoms with Crippen LogP contribution in [0.25, 0.3) is 0 Å².